The van der Waals surface area contributed by atoms with Gasteiger partial charge in [0.2, 0.25) is 0 Å². The van der Waals surface area contributed by atoms with Crippen LogP contribution in [-0.2, 0) is 4.74 Å². The molecule has 1 aromatic rings. The van der Waals surface area contributed by atoms with Crippen LogP contribution in [-0.4, -0.2) is 47.5 Å². The van der Waals surface area contributed by atoms with E-state index in [0.717, 1.165) is 30.0 Å². The highest BCUT2D eigenvalue weighted by Crippen LogP contribution is 2.39. The lowest BCUT2D eigenvalue weighted by atomic mass is 9.94. The minimum Gasteiger partial charge on any atom is -0.388 e. The molecule has 1 aliphatic heterocycles. The Morgan fingerprint density at radius 3 is 2.62 bits per heavy atom. The molecule has 0 amide bonds. The van der Waals surface area contributed by atoms with Crippen LogP contribution in [0.5, 0.6) is 0 Å². The van der Waals surface area contributed by atoms with Crippen LogP contribution in [0.25, 0.3) is 0 Å². The summed E-state index contributed by atoms with van der Waals surface area (Å²) in [5.74, 6) is 2.70. The molecule has 1 aromatic heterocycles. The molecular formula is C15H24N4O2. The summed E-state index contributed by atoms with van der Waals surface area (Å²) in [5.41, 5.74) is 6.21. The number of ether oxygens (including phenoxy) is 1. The molecule has 2 aliphatic rings. The van der Waals surface area contributed by atoms with Gasteiger partial charge in [-0.1, -0.05) is 0 Å². The molecular weight excluding hydrogens is 268 g/mol. The lowest BCUT2D eigenvalue weighted by molar-refractivity contribution is -0.0573. The van der Waals surface area contributed by atoms with E-state index < -0.39 is 5.60 Å². The van der Waals surface area contributed by atoms with Gasteiger partial charge in [0, 0.05) is 51.1 Å². The Labute approximate surface area is 125 Å². The normalized spacial score (nSPS) is 21.3. The van der Waals surface area contributed by atoms with Gasteiger partial charge in [0.05, 0.1) is 5.60 Å². The third-order valence-electron chi connectivity index (χ3n) is 4.43. The average Bonchev–Trinajstić information content (AvgIpc) is 3.26. The van der Waals surface area contributed by atoms with Crippen molar-refractivity contribution in [2.24, 2.45) is 0 Å². The zero-order chi connectivity index (χ0) is 15.0. The van der Waals surface area contributed by atoms with Gasteiger partial charge in [0.25, 0.3) is 0 Å². The van der Waals surface area contributed by atoms with E-state index in [1.54, 1.807) is 0 Å². The van der Waals surface area contributed by atoms with Gasteiger partial charge in [-0.05, 0) is 19.8 Å². The maximum Gasteiger partial charge on any atom is 0.137 e. The second-order valence-corrected chi connectivity index (χ2v) is 6.38. The third-order valence-corrected chi connectivity index (χ3v) is 4.43. The number of aromatic nitrogens is 2. The first-order chi connectivity index (χ1) is 9.98. The van der Waals surface area contributed by atoms with Crippen molar-refractivity contribution in [1.29, 1.82) is 0 Å². The highest BCUT2D eigenvalue weighted by Gasteiger charge is 2.33. The summed E-state index contributed by atoms with van der Waals surface area (Å²) in [4.78, 5) is 11.1. The van der Waals surface area contributed by atoms with Gasteiger partial charge in [-0.25, -0.2) is 9.97 Å². The van der Waals surface area contributed by atoms with E-state index in [4.69, 9.17) is 10.5 Å². The Hall–Kier alpha value is -1.40. The summed E-state index contributed by atoms with van der Waals surface area (Å²) in [7, 11) is 1.96. The standard InChI is InChI=1S/C15H24N4O2/c1-10-12(16)17-13(11-3-4-11)18-14(10)19(2)9-15(20)5-7-21-8-6-15/h11,20H,3-9H2,1-2H3,(H2,16,17,18). The van der Waals surface area contributed by atoms with Crippen LogP contribution in [0.2, 0.25) is 0 Å². The molecule has 0 unspecified atom stereocenters. The van der Waals surface area contributed by atoms with Crippen molar-refractivity contribution in [3.05, 3.63) is 11.4 Å². The summed E-state index contributed by atoms with van der Waals surface area (Å²) in [6, 6.07) is 0. The Morgan fingerprint density at radius 2 is 2.00 bits per heavy atom. The van der Waals surface area contributed by atoms with Crippen LogP contribution in [0.4, 0.5) is 11.6 Å². The second-order valence-electron chi connectivity index (χ2n) is 6.38. The van der Waals surface area contributed by atoms with Crippen LogP contribution in [0.3, 0.4) is 0 Å². The van der Waals surface area contributed by atoms with Gasteiger partial charge >= 0.3 is 0 Å². The van der Waals surface area contributed by atoms with E-state index in [1.807, 2.05) is 18.9 Å². The minimum absolute atomic E-state index is 0.464. The van der Waals surface area contributed by atoms with Gasteiger partial charge < -0.3 is 20.5 Å². The number of anilines is 2. The number of hydrogen-bond donors (Lipinski definition) is 2. The predicted octanol–water partition coefficient (Wildman–Crippen LogP) is 1.22. The van der Waals surface area contributed by atoms with Gasteiger partial charge in [-0.3, -0.25) is 0 Å². The number of nitrogens with zero attached hydrogens (tertiary/aromatic N) is 3. The van der Waals surface area contributed by atoms with Crippen molar-refractivity contribution in [3.8, 4) is 0 Å². The molecule has 1 aliphatic carbocycles. The summed E-state index contributed by atoms with van der Waals surface area (Å²) >= 11 is 0. The fourth-order valence-corrected chi connectivity index (χ4v) is 2.86. The lowest BCUT2D eigenvalue weighted by Gasteiger charge is -2.36. The maximum atomic E-state index is 10.7. The van der Waals surface area contributed by atoms with E-state index in [9.17, 15) is 5.11 Å². The van der Waals surface area contributed by atoms with Gasteiger partial charge in [0.15, 0.2) is 0 Å². The number of aliphatic hydroxyl groups is 1. The number of rotatable bonds is 4. The van der Waals surface area contributed by atoms with Gasteiger partial charge in [-0.2, -0.15) is 0 Å². The Kier molecular flexibility index (Phi) is 3.75. The number of nitrogen functional groups attached to an aromatic ring is 1. The van der Waals surface area contributed by atoms with Crippen molar-refractivity contribution in [1.82, 2.24) is 9.97 Å². The van der Waals surface area contributed by atoms with E-state index in [-0.39, 0.29) is 0 Å². The average molecular weight is 292 g/mol. The highest BCUT2D eigenvalue weighted by molar-refractivity contribution is 5.56. The predicted molar refractivity (Wildman–Crippen MR) is 81.4 cm³/mol. The van der Waals surface area contributed by atoms with E-state index in [2.05, 4.69) is 9.97 Å². The first-order valence-corrected chi connectivity index (χ1v) is 7.64. The Balaban J connectivity index is 1.81. The fraction of sp³-hybridized carbons (Fsp3) is 0.733. The van der Waals surface area contributed by atoms with Gasteiger partial charge in [-0.15, -0.1) is 0 Å². The molecule has 3 N–H and O–H groups in total. The molecule has 0 atom stereocenters. The Morgan fingerprint density at radius 1 is 1.33 bits per heavy atom. The summed E-state index contributed by atoms with van der Waals surface area (Å²) in [6.45, 7) is 3.70. The smallest absolute Gasteiger partial charge is 0.137 e. The number of nitrogens with two attached hydrogens (primary N) is 1. The summed E-state index contributed by atoms with van der Waals surface area (Å²) in [6.07, 6.45) is 3.61. The monoisotopic (exact) mass is 292 g/mol. The first kappa shape index (κ1) is 14.5. The number of hydrogen-bond acceptors (Lipinski definition) is 6. The van der Waals surface area contributed by atoms with Crippen molar-refractivity contribution in [3.63, 3.8) is 0 Å². The maximum absolute atomic E-state index is 10.7. The van der Waals surface area contributed by atoms with Gasteiger partial charge in [0.1, 0.15) is 17.5 Å². The largest absolute Gasteiger partial charge is 0.388 e. The lowest BCUT2D eigenvalue weighted by Crippen LogP contribution is -2.46. The van der Waals surface area contributed by atoms with E-state index in [1.165, 1.54) is 0 Å². The number of likely N-dealkylation sites (N-methyl/N-ethyl adjacent to an activating group) is 1. The topological polar surface area (TPSA) is 84.5 Å². The zero-order valence-corrected chi connectivity index (χ0v) is 12.8. The Bertz CT molecular complexity index is 525. The quantitative estimate of drug-likeness (QED) is 0.868. The molecule has 2 heterocycles. The molecule has 0 radical (unpaired) electrons. The van der Waals surface area contributed by atoms with E-state index in [0.29, 0.717) is 44.3 Å². The molecule has 116 valence electrons. The molecule has 0 bridgehead atoms. The van der Waals surface area contributed by atoms with Crippen molar-refractivity contribution in [2.75, 3.05) is 37.4 Å². The van der Waals surface area contributed by atoms with Crippen LogP contribution in [0.15, 0.2) is 0 Å². The molecule has 2 fully saturated rings. The molecule has 1 saturated heterocycles. The molecule has 0 spiro atoms. The minimum atomic E-state index is -0.709. The van der Waals surface area contributed by atoms with Crippen molar-refractivity contribution < 1.29 is 9.84 Å². The molecule has 3 rings (SSSR count). The fourth-order valence-electron chi connectivity index (χ4n) is 2.86. The molecule has 1 saturated carbocycles. The zero-order valence-electron chi connectivity index (χ0n) is 12.8. The summed E-state index contributed by atoms with van der Waals surface area (Å²) in [5, 5.41) is 10.7. The van der Waals surface area contributed by atoms with Crippen molar-refractivity contribution >= 4 is 11.6 Å². The van der Waals surface area contributed by atoms with Crippen LogP contribution in [0.1, 0.15) is 43.0 Å². The molecule has 0 aromatic carbocycles. The van der Waals surface area contributed by atoms with Crippen LogP contribution in [0, 0.1) is 6.92 Å². The van der Waals surface area contributed by atoms with Crippen LogP contribution >= 0.6 is 0 Å². The highest BCUT2D eigenvalue weighted by atomic mass is 16.5. The van der Waals surface area contributed by atoms with E-state index >= 15 is 0 Å². The second kappa shape index (κ2) is 5.42. The van der Waals surface area contributed by atoms with Crippen molar-refractivity contribution in [2.45, 2.75) is 44.1 Å². The molecule has 6 heteroatoms. The summed E-state index contributed by atoms with van der Waals surface area (Å²) < 4.78 is 5.33. The SMILES string of the molecule is Cc1c(N)nc(C2CC2)nc1N(C)CC1(O)CCOCC1. The van der Waals surface area contributed by atoms with Crippen LogP contribution < -0.4 is 10.6 Å². The molecule has 6 nitrogen and oxygen atoms in total. The first-order valence-electron chi connectivity index (χ1n) is 7.64. The molecule has 21 heavy (non-hydrogen) atoms. The third kappa shape index (κ3) is 3.11.